The number of ether oxygens (including phenoxy) is 3. The van der Waals surface area contributed by atoms with Crippen molar-refractivity contribution in [3.05, 3.63) is 54.0 Å². The number of pyridine rings is 2. The van der Waals surface area contributed by atoms with E-state index in [0.717, 1.165) is 28.0 Å². The standard InChI is InChI=1S/C22H22N4O3/c1-13-6-7-19(22(24-13)17-10-14(2)26(3)25-17)29-18-8-9-23-16-12-21(28-5)20(27-4)11-15(16)18/h6-12H,1-5H3. The van der Waals surface area contributed by atoms with Crippen molar-refractivity contribution < 1.29 is 14.2 Å². The molecule has 1 aromatic carbocycles. The fourth-order valence-corrected chi connectivity index (χ4v) is 3.14. The van der Waals surface area contributed by atoms with E-state index in [4.69, 9.17) is 14.2 Å². The van der Waals surface area contributed by atoms with Gasteiger partial charge in [-0.3, -0.25) is 9.67 Å². The first-order valence-electron chi connectivity index (χ1n) is 9.17. The van der Waals surface area contributed by atoms with Crippen LogP contribution < -0.4 is 14.2 Å². The second-order valence-electron chi connectivity index (χ2n) is 6.73. The quantitative estimate of drug-likeness (QED) is 0.501. The van der Waals surface area contributed by atoms with Crippen molar-refractivity contribution in [2.75, 3.05) is 14.2 Å². The molecule has 3 aromatic heterocycles. The summed E-state index contributed by atoms with van der Waals surface area (Å²) in [6.07, 6.45) is 1.70. The number of aromatic nitrogens is 4. The van der Waals surface area contributed by atoms with Crippen LogP contribution in [-0.2, 0) is 7.05 Å². The number of benzene rings is 1. The first-order chi connectivity index (χ1) is 14.0. The summed E-state index contributed by atoms with van der Waals surface area (Å²) in [6, 6.07) is 11.3. The lowest BCUT2D eigenvalue weighted by molar-refractivity contribution is 0.355. The number of nitrogens with zero attached hydrogens (tertiary/aromatic N) is 4. The molecule has 0 atom stereocenters. The van der Waals surface area contributed by atoms with Gasteiger partial charge in [-0.1, -0.05) is 0 Å². The van der Waals surface area contributed by atoms with Crippen LogP contribution in [0.2, 0.25) is 0 Å². The van der Waals surface area contributed by atoms with E-state index in [1.165, 1.54) is 0 Å². The highest BCUT2D eigenvalue weighted by Crippen LogP contribution is 2.38. The largest absolute Gasteiger partial charge is 0.493 e. The highest BCUT2D eigenvalue weighted by atomic mass is 16.5. The predicted octanol–water partition coefficient (Wildman–Crippen LogP) is 4.46. The smallest absolute Gasteiger partial charge is 0.162 e. The van der Waals surface area contributed by atoms with Gasteiger partial charge in [-0.15, -0.1) is 0 Å². The van der Waals surface area contributed by atoms with Gasteiger partial charge >= 0.3 is 0 Å². The van der Waals surface area contributed by atoms with Gasteiger partial charge < -0.3 is 14.2 Å². The van der Waals surface area contributed by atoms with Crippen molar-refractivity contribution in [3.8, 4) is 34.4 Å². The van der Waals surface area contributed by atoms with Crippen LogP contribution in [0.3, 0.4) is 0 Å². The molecular weight excluding hydrogens is 368 g/mol. The van der Waals surface area contributed by atoms with E-state index in [1.807, 2.05) is 62.0 Å². The molecule has 0 radical (unpaired) electrons. The molecule has 3 heterocycles. The van der Waals surface area contributed by atoms with Crippen LogP contribution in [0.5, 0.6) is 23.0 Å². The molecule has 0 spiro atoms. The van der Waals surface area contributed by atoms with Gasteiger partial charge in [-0.05, 0) is 44.2 Å². The lowest BCUT2D eigenvalue weighted by atomic mass is 10.1. The number of methoxy groups -OCH3 is 2. The maximum atomic E-state index is 6.31. The van der Waals surface area contributed by atoms with E-state index in [1.54, 1.807) is 20.4 Å². The molecule has 0 unspecified atom stereocenters. The zero-order chi connectivity index (χ0) is 20.5. The zero-order valence-electron chi connectivity index (χ0n) is 17.1. The predicted molar refractivity (Wildman–Crippen MR) is 111 cm³/mol. The van der Waals surface area contributed by atoms with Crippen LogP contribution in [0.4, 0.5) is 0 Å². The molecule has 148 valence electrons. The summed E-state index contributed by atoms with van der Waals surface area (Å²) >= 11 is 0. The van der Waals surface area contributed by atoms with Crippen molar-refractivity contribution in [2.24, 2.45) is 7.05 Å². The van der Waals surface area contributed by atoms with Crippen LogP contribution in [-0.4, -0.2) is 34.0 Å². The van der Waals surface area contributed by atoms with Crippen molar-refractivity contribution in [1.29, 1.82) is 0 Å². The van der Waals surface area contributed by atoms with E-state index in [9.17, 15) is 0 Å². The average molecular weight is 390 g/mol. The van der Waals surface area contributed by atoms with E-state index in [2.05, 4.69) is 15.1 Å². The Bertz CT molecular complexity index is 1180. The third kappa shape index (κ3) is 3.47. The summed E-state index contributed by atoms with van der Waals surface area (Å²) in [6.45, 7) is 3.95. The summed E-state index contributed by atoms with van der Waals surface area (Å²) in [7, 11) is 5.11. The summed E-state index contributed by atoms with van der Waals surface area (Å²) in [5, 5.41) is 5.38. The fraction of sp³-hybridized carbons (Fsp3) is 0.227. The van der Waals surface area contributed by atoms with E-state index < -0.39 is 0 Å². The van der Waals surface area contributed by atoms with Crippen molar-refractivity contribution in [1.82, 2.24) is 19.7 Å². The van der Waals surface area contributed by atoms with Crippen LogP contribution in [0, 0.1) is 13.8 Å². The SMILES string of the molecule is COc1cc2nccc(Oc3ccc(C)nc3-c3cc(C)n(C)n3)c2cc1OC. The van der Waals surface area contributed by atoms with Crippen LogP contribution in [0.1, 0.15) is 11.4 Å². The molecule has 29 heavy (non-hydrogen) atoms. The summed E-state index contributed by atoms with van der Waals surface area (Å²) in [5.41, 5.74) is 4.14. The minimum absolute atomic E-state index is 0.612. The molecule has 0 fully saturated rings. The van der Waals surface area contributed by atoms with Crippen LogP contribution in [0.25, 0.3) is 22.3 Å². The average Bonchev–Trinajstić information content (AvgIpc) is 3.06. The normalized spacial score (nSPS) is 10.9. The number of hydrogen-bond donors (Lipinski definition) is 0. The lowest BCUT2D eigenvalue weighted by Crippen LogP contribution is -1.97. The molecule has 7 heteroatoms. The fourth-order valence-electron chi connectivity index (χ4n) is 3.14. The van der Waals surface area contributed by atoms with Gasteiger partial charge in [-0.2, -0.15) is 5.10 Å². The number of hydrogen-bond acceptors (Lipinski definition) is 6. The summed E-state index contributed by atoms with van der Waals surface area (Å²) in [4.78, 5) is 9.10. The van der Waals surface area contributed by atoms with E-state index in [-0.39, 0.29) is 0 Å². The van der Waals surface area contributed by atoms with E-state index >= 15 is 0 Å². The molecule has 0 bridgehead atoms. The molecule has 0 N–H and O–H groups in total. The molecule has 4 rings (SSSR count). The Labute approximate surface area is 168 Å². The Morgan fingerprint density at radius 2 is 1.62 bits per heavy atom. The maximum absolute atomic E-state index is 6.31. The van der Waals surface area contributed by atoms with Gasteiger partial charge in [-0.25, -0.2) is 4.98 Å². The van der Waals surface area contributed by atoms with Crippen molar-refractivity contribution in [3.63, 3.8) is 0 Å². The van der Waals surface area contributed by atoms with Gasteiger partial charge in [0.15, 0.2) is 17.2 Å². The second kappa shape index (κ2) is 7.43. The topological polar surface area (TPSA) is 71.3 Å². The summed E-state index contributed by atoms with van der Waals surface area (Å²) in [5.74, 6) is 2.50. The zero-order valence-corrected chi connectivity index (χ0v) is 17.1. The Morgan fingerprint density at radius 1 is 0.862 bits per heavy atom. The molecule has 0 aliphatic carbocycles. The first-order valence-corrected chi connectivity index (χ1v) is 9.17. The lowest BCUT2D eigenvalue weighted by Gasteiger charge is -2.14. The van der Waals surface area contributed by atoms with Gasteiger partial charge in [0.1, 0.15) is 17.1 Å². The highest BCUT2D eigenvalue weighted by Gasteiger charge is 2.16. The molecule has 0 saturated heterocycles. The molecule has 7 nitrogen and oxygen atoms in total. The number of aryl methyl sites for hydroxylation is 3. The highest BCUT2D eigenvalue weighted by molar-refractivity contribution is 5.88. The van der Waals surface area contributed by atoms with Gasteiger partial charge in [0.2, 0.25) is 0 Å². The molecule has 4 aromatic rings. The Kier molecular flexibility index (Phi) is 4.80. The Hall–Kier alpha value is -3.61. The van der Waals surface area contributed by atoms with Gasteiger partial charge in [0.05, 0.1) is 19.7 Å². The summed E-state index contributed by atoms with van der Waals surface area (Å²) < 4.78 is 18.9. The maximum Gasteiger partial charge on any atom is 0.162 e. The van der Waals surface area contributed by atoms with Crippen molar-refractivity contribution >= 4 is 10.9 Å². The third-order valence-electron chi connectivity index (χ3n) is 4.78. The van der Waals surface area contributed by atoms with Crippen LogP contribution in [0.15, 0.2) is 42.6 Å². The minimum Gasteiger partial charge on any atom is -0.493 e. The molecule has 0 aliphatic heterocycles. The van der Waals surface area contributed by atoms with Crippen LogP contribution >= 0.6 is 0 Å². The molecule has 0 amide bonds. The molecular formula is C22H22N4O3. The van der Waals surface area contributed by atoms with E-state index in [0.29, 0.717) is 28.7 Å². The van der Waals surface area contributed by atoms with Gasteiger partial charge in [0, 0.05) is 36.1 Å². The monoisotopic (exact) mass is 390 g/mol. The Morgan fingerprint density at radius 3 is 2.31 bits per heavy atom. The number of rotatable bonds is 5. The second-order valence-corrected chi connectivity index (χ2v) is 6.73. The first kappa shape index (κ1) is 18.7. The number of fused-ring (bicyclic) bond motifs is 1. The minimum atomic E-state index is 0.612. The molecule has 0 saturated carbocycles. The third-order valence-corrected chi connectivity index (χ3v) is 4.78. The Balaban J connectivity index is 1.83. The molecule has 0 aliphatic rings. The van der Waals surface area contributed by atoms with Crippen molar-refractivity contribution in [2.45, 2.75) is 13.8 Å². The van der Waals surface area contributed by atoms with Gasteiger partial charge in [0.25, 0.3) is 0 Å².